The molecule has 2 aromatic heterocycles. The van der Waals surface area contributed by atoms with Crippen LogP contribution in [0.2, 0.25) is 0 Å². The maximum Gasteiger partial charge on any atom is 0.264 e. The van der Waals surface area contributed by atoms with Crippen molar-refractivity contribution in [1.82, 2.24) is 29.5 Å². The van der Waals surface area contributed by atoms with Crippen molar-refractivity contribution >= 4 is 22.8 Å². The number of benzene rings is 2. The van der Waals surface area contributed by atoms with Crippen LogP contribution in [0.25, 0.3) is 22.3 Å². The van der Waals surface area contributed by atoms with Crippen molar-refractivity contribution in [2.75, 3.05) is 32.9 Å². The molecule has 1 amide bonds. The highest BCUT2D eigenvalue weighted by molar-refractivity contribution is 5.99. The molecule has 0 unspecified atom stereocenters. The lowest BCUT2D eigenvalue weighted by Crippen LogP contribution is -2.43. The number of nitrogens with zero attached hydrogens (tertiary/aromatic N) is 7. The molecule has 11 heteroatoms. The zero-order valence-electron chi connectivity index (χ0n) is 24.1. The van der Waals surface area contributed by atoms with E-state index in [9.17, 15) is 10.1 Å². The monoisotopic (exact) mass is 568 g/mol. The molecule has 0 radical (unpaired) electrons. The molecule has 1 fully saturated rings. The fraction of sp³-hybridized carbons (Fsp3) is 0.323. The summed E-state index contributed by atoms with van der Waals surface area (Å²) in [5.74, 6) is 0.243. The molecule has 3 heterocycles. The van der Waals surface area contributed by atoms with E-state index >= 15 is 4.39 Å². The number of likely N-dealkylation sites (tertiary alicyclic amines) is 1. The summed E-state index contributed by atoms with van der Waals surface area (Å²) in [6.45, 7) is 4.71. The first-order chi connectivity index (χ1) is 20.1. The van der Waals surface area contributed by atoms with Gasteiger partial charge in [-0.2, -0.15) is 10.4 Å². The number of para-hydroxylation sites is 1. The van der Waals surface area contributed by atoms with Gasteiger partial charge in [-0.25, -0.2) is 19.0 Å². The largest absolute Gasteiger partial charge is 0.457 e. The fourth-order valence-electron chi connectivity index (χ4n) is 4.95. The lowest BCUT2D eigenvalue weighted by molar-refractivity contribution is -0.128. The number of likely N-dealkylation sites (N-methyl/N-ethyl adjacent to an activating group) is 1. The molecule has 10 nitrogen and oxygen atoms in total. The van der Waals surface area contributed by atoms with Crippen molar-refractivity contribution in [3.63, 3.8) is 0 Å². The van der Waals surface area contributed by atoms with Crippen LogP contribution in [0, 0.1) is 17.1 Å². The molecule has 1 saturated heterocycles. The Morgan fingerprint density at radius 1 is 1.19 bits per heavy atom. The number of nitrogen functional groups attached to an aromatic ring is 1. The second kappa shape index (κ2) is 11.6. The molecular formula is C31H33FN8O2. The Bertz CT molecular complexity index is 1690. The first kappa shape index (κ1) is 28.7. The van der Waals surface area contributed by atoms with Gasteiger partial charge in [-0.3, -0.25) is 4.79 Å². The highest BCUT2D eigenvalue weighted by Gasteiger charge is 2.31. The number of hydrogen-bond donors (Lipinski definition) is 1. The molecule has 1 aliphatic heterocycles. The number of halogens is 1. The molecule has 5 rings (SSSR count). The molecule has 216 valence electrons. The maximum atomic E-state index is 15.5. The van der Waals surface area contributed by atoms with Gasteiger partial charge in [0.25, 0.3) is 5.91 Å². The van der Waals surface area contributed by atoms with Crippen LogP contribution in [0.15, 0.2) is 66.5 Å². The number of hydrogen-bond acceptors (Lipinski definition) is 8. The van der Waals surface area contributed by atoms with Gasteiger partial charge in [-0.05, 0) is 71.1 Å². The van der Waals surface area contributed by atoms with Crippen LogP contribution in [0.3, 0.4) is 0 Å². The van der Waals surface area contributed by atoms with E-state index in [1.807, 2.05) is 51.0 Å². The van der Waals surface area contributed by atoms with E-state index in [1.54, 1.807) is 39.9 Å². The van der Waals surface area contributed by atoms with Gasteiger partial charge in [0, 0.05) is 30.3 Å². The molecule has 0 saturated carbocycles. The summed E-state index contributed by atoms with van der Waals surface area (Å²) in [6.07, 6.45) is 4.45. The van der Waals surface area contributed by atoms with E-state index in [-0.39, 0.29) is 28.9 Å². The summed E-state index contributed by atoms with van der Waals surface area (Å²) in [4.78, 5) is 25.6. The van der Waals surface area contributed by atoms with Gasteiger partial charge in [0.1, 0.15) is 46.8 Å². The molecule has 4 aromatic rings. The number of amides is 1. The summed E-state index contributed by atoms with van der Waals surface area (Å²) < 4.78 is 23.0. The first-order valence-corrected chi connectivity index (χ1v) is 13.7. The van der Waals surface area contributed by atoms with Crippen LogP contribution in [0.4, 0.5) is 10.2 Å². The molecule has 2 aromatic carbocycles. The van der Waals surface area contributed by atoms with E-state index in [4.69, 9.17) is 15.6 Å². The predicted octanol–water partition coefficient (Wildman–Crippen LogP) is 4.96. The van der Waals surface area contributed by atoms with Crippen LogP contribution in [-0.2, 0) is 4.79 Å². The topological polar surface area (TPSA) is 126 Å². The molecule has 0 aliphatic carbocycles. The number of rotatable bonds is 7. The minimum absolute atomic E-state index is 0.0896. The van der Waals surface area contributed by atoms with E-state index in [1.165, 1.54) is 12.4 Å². The van der Waals surface area contributed by atoms with Gasteiger partial charge in [-0.15, -0.1) is 0 Å². The smallest absolute Gasteiger partial charge is 0.264 e. The molecular weight excluding hydrogens is 535 g/mol. The Labute approximate surface area is 243 Å². The summed E-state index contributed by atoms with van der Waals surface area (Å²) in [5.41, 5.74) is 6.86. The molecule has 0 spiro atoms. The number of nitrogens with two attached hydrogens (primary N) is 1. The molecule has 1 atom stereocenters. The third-order valence-corrected chi connectivity index (χ3v) is 7.72. The Balaban J connectivity index is 1.48. The number of carbonyl (C=O) groups is 1. The number of ether oxygens (including phenoxy) is 1. The number of fused-ring (bicyclic) bond motifs is 1. The minimum atomic E-state index is -0.536. The van der Waals surface area contributed by atoms with Gasteiger partial charge in [0.15, 0.2) is 5.65 Å². The normalized spacial score (nSPS) is 16.1. The summed E-state index contributed by atoms with van der Waals surface area (Å²) >= 11 is 0. The first-order valence-electron chi connectivity index (χ1n) is 13.7. The number of carbonyl (C=O) groups excluding carboxylic acids is 1. The van der Waals surface area contributed by atoms with Crippen molar-refractivity contribution in [3.8, 4) is 28.8 Å². The van der Waals surface area contributed by atoms with E-state index in [0.717, 1.165) is 0 Å². The zero-order chi connectivity index (χ0) is 30.0. The van der Waals surface area contributed by atoms with Crippen LogP contribution in [0.5, 0.6) is 11.5 Å². The lowest BCUT2D eigenvalue weighted by atomic mass is 9.98. The van der Waals surface area contributed by atoms with Gasteiger partial charge in [-0.1, -0.05) is 18.2 Å². The number of aromatic nitrogens is 4. The fourth-order valence-corrected chi connectivity index (χ4v) is 4.95. The Hall–Kier alpha value is -4.82. The van der Waals surface area contributed by atoms with Crippen molar-refractivity contribution in [2.45, 2.75) is 38.3 Å². The minimum Gasteiger partial charge on any atom is -0.457 e. The molecule has 1 aliphatic rings. The Kier molecular flexibility index (Phi) is 7.91. The van der Waals surface area contributed by atoms with E-state index in [0.29, 0.717) is 54.2 Å². The van der Waals surface area contributed by atoms with Crippen molar-refractivity contribution in [2.24, 2.45) is 0 Å². The van der Waals surface area contributed by atoms with Gasteiger partial charge < -0.3 is 20.3 Å². The van der Waals surface area contributed by atoms with E-state index in [2.05, 4.69) is 16.0 Å². The van der Waals surface area contributed by atoms with Gasteiger partial charge in [0.05, 0.1) is 11.4 Å². The summed E-state index contributed by atoms with van der Waals surface area (Å²) in [6, 6.07) is 15.5. The zero-order valence-corrected chi connectivity index (χ0v) is 24.1. The van der Waals surface area contributed by atoms with Crippen LogP contribution in [0.1, 0.15) is 32.7 Å². The number of piperidine rings is 1. The highest BCUT2D eigenvalue weighted by Crippen LogP contribution is 2.36. The molecule has 42 heavy (non-hydrogen) atoms. The lowest BCUT2D eigenvalue weighted by Gasteiger charge is -2.34. The van der Waals surface area contributed by atoms with Gasteiger partial charge >= 0.3 is 0 Å². The Morgan fingerprint density at radius 2 is 1.95 bits per heavy atom. The second-order valence-corrected chi connectivity index (χ2v) is 11.1. The second-order valence-electron chi connectivity index (χ2n) is 11.1. The van der Waals surface area contributed by atoms with Crippen LogP contribution < -0.4 is 10.5 Å². The van der Waals surface area contributed by atoms with Crippen molar-refractivity contribution in [1.29, 1.82) is 5.26 Å². The number of nitriles is 1. The van der Waals surface area contributed by atoms with Crippen LogP contribution >= 0.6 is 0 Å². The van der Waals surface area contributed by atoms with Crippen molar-refractivity contribution < 1.29 is 13.9 Å². The number of anilines is 1. The average Bonchev–Trinajstić information content (AvgIpc) is 3.37. The van der Waals surface area contributed by atoms with E-state index < -0.39 is 11.4 Å². The predicted molar refractivity (Wildman–Crippen MR) is 158 cm³/mol. The third-order valence-electron chi connectivity index (χ3n) is 7.72. The summed E-state index contributed by atoms with van der Waals surface area (Å²) in [5, 5.41) is 15.0. The van der Waals surface area contributed by atoms with Crippen molar-refractivity contribution in [3.05, 3.63) is 72.3 Å². The van der Waals surface area contributed by atoms with Gasteiger partial charge in [0.2, 0.25) is 0 Å². The quantitative estimate of drug-likeness (QED) is 0.245. The molecule has 2 N–H and O–H groups in total. The highest BCUT2D eigenvalue weighted by atomic mass is 19.1. The third kappa shape index (κ3) is 5.66. The maximum absolute atomic E-state index is 15.5. The summed E-state index contributed by atoms with van der Waals surface area (Å²) in [7, 11) is 3.79. The Morgan fingerprint density at radius 3 is 2.64 bits per heavy atom. The molecule has 0 bridgehead atoms. The average molecular weight is 569 g/mol. The SMILES string of the molecule is CN(C)C(C)(C)/C=C(/C#N)C(=O)N1CCC[C@@H](n2nc(-c3ccc(Oc4ccccc4)cc3F)c3c(N)ncnc32)C1. The van der Waals surface area contributed by atoms with Crippen LogP contribution in [-0.4, -0.2) is 68.2 Å². The standard InChI is InChI=1S/C31H33FN8O2/c1-31(2,38(3)4)16-20(17-33)30(41)39-14-8-9-21(18-39)40-29-26(28(34)35-19-36-29)27(37-40)24-13-12-23(15-25(24)32)42-22-10-6-5-7-11-22/h5-7,10-13,15-16,19,21H,8-9,14,18H2,1-4H3,(H2,34,35,36)/b20-16-/t21-/m1/s1.